The highest BCUT2D eigenvalue weighted by Gasteiger charge is 2.40. The van der Waals surface area contributed by atoms with Crippen LogP contribution >= 0.6 is 0 Å². The molecule has 7 heteroatoms. The molecule has 0 saturated heterocycles. The maximum Gasteiger partial charge on any atom is 0.314 e. The van der Waals surface area contributed by atoms with Gasteiger partial charge < -0.3 is 14.6 Å². The van der Waals surface area contributed by atoms with Gasteiger partial charge in [0.25, 0.3) is 0 Å². The molecule has 2 rings (SSSR count). The quantitative estimate of drug-likeness (QED) is 0.772. The van der Waals surface area contributed by atoms with Crippen molar-refractivity contribution in [3.05, 3.63) is 46.8 Å². The maximum absolute atomic E-state index is 12.3. The Kier molecular flexibility index (Phi) is 5.92. The first-order chi connectivity index (χ1) is 11.8. The molecule has 0 aliphatic rings. The van der Waals surface area contributed by atoms with Gasteiger partial charge in [0.1, 0.15) is 5.69 Å². The number of benzene rings is 1. The van der Waals surface area contributed by atoms with Crippen molar-refractivity contribution in [3.63, 3.8) is 0 Å². The molecule has 1 N–H and O–H groups in total. The minimum absolute atomic E-state index is 0.0742. The van der Waals surface area contributed by atoms with E-state index in [-0.39, 0.29) is 19.2 Å². The van der Waals surface area contributed by atoms with Gasteiger partial charge in [-0.2, -0.15) is 0 Å². The van der Waals surface area contributed by atoms with Crippen LogP contribution in [0.25, 0.3) is 0 Å². The van der Waals surface area contributed by atoms with Gasteiger partial charge in [0, 0.05) is 7.05 Å². The zero-order valence-corrected chi connectivity index (χ0v) is 15.3. The van der Waals surface area contributed by atoms with Crippen LogP contribution in [-0.4, -0.2) is 33.2 Å². The topological polar surface area (TPSA) is 86.5 Å². The summed E-state index contributed by atoms with van der Waals surface area (Å²) in [6.45, 7) is 5.62. The molecule has 1 atom stereocenters. The van der Waals surface area contributed by atoms with Crippen molar-refractivity contribution in [2.45, 2.75) is 40.1 Å². The Morgan fingerprint density at radius 2 is 2.12 bits per heavy atom. The number of carbonyl (C=O) groups excluding carboxylic acids is 1. The van der Waals surface area contributed by atoms with Gasteiger partial charge in [-0.3, -0.25) is 9.48 Å². The zero-order valence-electron chi connectivity index (χ0n) is 15.3. The van der Waals surface area contributed by atoms with Crippen molar-refractivity contribution in [1.29, 1.82) is 0 Å². The molecule has 1 aromatic carbocycles. The fourth-order valence-electron chi connectivity index (χ4n) is 2.75. The second-order valence-corrected chi connectivity index (χ2v) is 6.63. The van der Waals surface area contributed by atoms with Gasteiger partial charge >= 0.3 is 5.97 Å². The van der Waals surface area contributed by atoms with E-state index in [2.05, 4.69) is 10.3 Å². The Labute approximate surface area is 147 Å². The number of aliphatic hydroxyl groups is 1. The summed E-state index contributed by atoms with van der Waals surface area (Å²) >= 11 is 0. The van der Waals surface area contributed by atoms with E-state index >= 15 is 0 Å². The van der Waals surface area contributed by atoms with Crippen LogP contribution in [-0.2, 0) is 34.5 Å². The highest BCUT2D eigenvalue weighted by Crippen LogP contribution is 2.39. The molecular weight excluding hydrogens is 322 g/mol. The molecule has 1 aromatic heterocycles. The lowest BCUT2D eigenvalue weighted by Gasteiger charge is -2.32. The zero-order chi connectivity index (χ0) is 18.6. The van der Waals surface area contributed by atoms with Gasteiger partial charge in [-0.05, 0) is 37.5 Å². The van der Waals surface area contributed by atoms with Gasteiger partial charge in [-0.1, -0.05) is 23.4 Å². The average Bonchev–Trinajstić information content (AvgIpc) is 3.00. The Morgan fingerprint density at radius 1 is 1.40 bits per heavy atom. The Balaban J connectivity index is 2.35. The number of aryl methyl sites for hydroxylation is 2. The largest absolute Gasteiger partial charge is 0.469 e. The summed E-state index contributed by atoms with van der Waals surface area (Å²) in [5, 5.41) is 17.4. The number of nitrogens with zero attached hydrogens (tertiary/aromatic N) is 3. The second kappa shape index (κ2) is 7.76. The van der Waals surface area contributed by atoms with E-state index in [0.717, 1.165) is 16.7 Å². The van der Waals surface area contributed by atoms with E-state index in [9.17, 15) is 9.90 Å². The van der Waals surface area contributed by atoms with Gasteiger partial charge in [-0.15, -0.1) is 5.10 Å². The molecule has 2 aromatic rings. The summed E-state index contributed by atoms with van der Waals surface area (Å²) in [7, 11) is 3.14. The van der Waals surface area contributed by atoms with Crippen LogP contribution in [0.5, 0.6) is 0 Å². The number of aromatic nitrogens is 3. The highest BCUT2D eigenvalue weighted by molar-refractivity contribution is 5.77. The third-order valence-electron chi connectivity index (χ3n) is 4.26. The summed E-state index contributed by atoms with van der Waals surface area (Å²) in [5.41, 5.74) is 2.33. The fourth-order valence-corrected chi connectivity index (χ4v) is 2.75. The van der Waals surface area contributed by atoms with Crippen molar-refractivity contribution in [2.75, 3.05) is 7.11 Å². The van der Waals surface area contributed by atoms with Crippen molar-refractivity contribution in [2.24, 2.45) is 12.5 Å². The lowest BCUT2D eigenvalue weighted by atomic mass is 9.81. The normalized spacial score (nSPS) is 12.9. The van der Waals surface area contributed by atoms with Crippen LogP contribution in [0.2, 0.25) is 0 Å². The summed E-state index contributed by atoms with van der Waals surface area (Å²) in [6, 6.07) is 5.68. The van der Waals surface area contributed by atoms with Crippen LogP contribution in [0.15, 0.2) is 24.4 Å². The van der Waals surface area contributed by atoms with Crippen molar-refractivity contribution < 1.29 is 19.4 Å². The van der Waals surface area contributed by atoms with Crippen LogP contribution in [0.4, 0.5) is 0 Å². The van der Waals surface area contributed by atoms with Crippen molar-refractivity contribution in [1.82, 2.24) is 15.0 Å². The molecule has 25 heavy (non-hydrogen) atoms. The average molecular weight is 347 g/mol. The molecule has 0 spiro atoms. The van der Waals surface area contributed by atoms with Gasteiger partial charge in [0.15, 0.2) is 0 Å². The highest BCUT2D eigenvalue weighted by atomic mass is 16.5. The lowest BCUT2D eigenvalue weighted by molar-refractivity contribution is -0.162. The molecule has 7 nitrogen and oxygen atoms in total. The minimum atomic E-state index is -0.918. The Morgan fingerprint density at radius 3 is 2.68 bits per heavy atom. The predicted molar refractivity (Wildman–Crippen MR) is 91.4 cm³/mol. The number of ether oxygens (including phenoxy) is 2. The molecule has 0 aliphatic heterocycles. The van der Waals surface area contributed by atoms with E-state index in [4.69, 9.17) is 9.47 Å². The van der Waals surface area contributed by atoms with E-state index in [0.29, 0.717) is 5.69 Å². The molecule has 0 saturated carbocycles. The number of carbonyl (C=O) groups is 1. The SMILES string of the molecule is COC(=O)C(C)(C)[C@H](OCc1cn(C)nn1)c1ccc(C)c(CO)c1. The van der Waals surface area contributed by atoms with E-state index in [1.165, 1.54) is 7.11 Å². The van der Waals surface area contributed by atoms with Gasteiger partial charge in [0.05, 0.1) is 38.0 Å². The number of methoxy groups -OCH3 is 1. The van der Waals surface area contributed by atoms with Gasteiger partial charge in [0.2, 0.25) is 0 Å². The smallest absolute Gasteiger partial charge is 0.314 e. The summed E-state index contributed by atoms with van der Waals surface area (Å²) in [6.07, 6.45) is 1.20. The summed E-state index contributed by atoms with van der Waals surface area (Å²) in [5.74, 6) is -0.372. The number of hydrogen-bond acceptors (Lipinski definition) is 6. The minimum Gasteiger partial charge on any atom is -0.469 e. The monoisotopic (exact) mass is 347 g/mol. The van der Waals surface area contributed by atoms with Crippen molar-refractivity contribution in [3.8, 4) is 0 Å². The summed E-state index contributed by atoms with van der Waals surface area (Å²) in [4.78, 5) is 12.3. The molecule has 136 valence electrons. The second-order valence-electron chi connectivity index (χ2n) is 6.63. The Bertz CT molecular complexity index is 740. The first-order valence-corrected chi connectivity index (χ1v) is 8.05. The van der Waals surface area contributed by atoms with Crippen LogP contribution in [0, 0.1) is 12.3 Å². The van der Waals surface area contributed by atoms with Gasteiger partial charge in [-0.25, -0.2) is 0 Å². The van der Waals surface area contributed by atoms with Crippen LogP contribution in [0.1, 0.15) is 42.3 Å². The van der Waals surface area contributed by atoms with E-state index in [1.54, 1.807) is 31.8 Å². The summed E-state index contributed by atoms with van der Waals surface area (Å²) < 4.78 is 12.6. The molecule has 1 heterocycles. The lowest BCUT2D eigenvalue weighted by Crippen LogP contribution is -2.34. The molecule has 0 fully saturated rings. The van der Waals surface area contributed by atoms with Crippen molar-refractivity contribution >= 4 is 5.97 Å². The third-order valence-corrected chi connectivity index (χ3v) is 4.26. The standard InChI is InChI=1S/C18H25N3O4/c1-12-6-7-13(8-14(12)10-22)16(18(2,3)17(23)24-5)25-11-15-9-21(4)20-19-15/h6-9,16,22H,10-11H2,1-5H3/t16-/m1/s1. The molecule has 0 radical (unpaired) electrons. The maximum atomic E-state index is 12.3. The number of rotatable bonds is 7. The van der Waals surface area contributed by atoms with E-state index < -0.39 is 11.5 Å². The van der Waals surface area contributed by atoms with Crippen LogP contribution < -0.4 is 0 Å². The molecular formula is C18H25N3O4. The molecule has 0 aliphatic carbocycles. The molecule has 0 amide bonds. The number of aliphatic hydroxyl groups excluding tert-OH is 1. The molecule has 0 bridgehead atoms. The fraction of sp³-hybridized carbons (Fsp3) is 0.500. The first kappa shape index (κ1) is 19.1. The number of hydrogen-bond donors (Lipinski definition) is 1. The first-order valence-electron chi connectivity index (χ1n) is 8.05. The Hall–Kier alpha value is -2.25. The third kappa shape index (κ3) is 4.24. The van der Waals surface area contributed by atoms with E-state index in [1.807, 2.05) is 25.1 Å². The predicted octanol–water partition coefficient (Wildman–Crippen LogP) is 2.07. The van der Waals surface area contributed by atoms with Crippen LogP contribution in [0.3, 0.4) is 0 Å². The molecule has 0 unspecified atom stereocenters. The number of esters is 1.